The first-order valence-electron chi connectivity index (χ1n) is 6.73. The maximum Gasteiger partial charge on any atom is 0.323 e. The van der Waals surface area contributed by atoms with Gasteiger partial charge in [-0.3, -0.25) is 4.79 Å². The molecule has 0 spiro atoms. The average molecular weight is 256 g/mol. The molecule has 0 aromatic heterocycles. The van der Waals surface area contributed by atoms with E-state index in [1.165, 1.54) is 24.2 Å². The smallest absolute Gasteiger partial charge is 0.323 e. The third-order valence-corrected chi connectivity index (χ3v) is 3.53. The number of nitrogens with zero attached hydrogens (tertiary/aromatic N) is 2. The molecular weight excluding hydrogens is 232 g/mol. The van der Waals surface area contributed by atoms with Gasteiger partial charge in [0.2, 0.25) is 0 Å². The highest BCUT2D eigenvalue weighted by Crippen LogP contribution is 2.27. The van der Waals surface area contributed by atoms with Crippen molar-refractivity contribution in [2.75, 3.05) is 19.6 Å². The summed E-state index contributed by atoms with van der Waals surface area (Å²) < 4.78 is 0. The fourth-order valence-electron chi connectivity index (χ4n) is 2.13. The summed E-state index contributed by atoms with van der Waals surface area (Å²) in [6.45, 7) is 6.81. The van der Waals surface area contributed by atoms with Gasteiger partial charge in [-0.15, -0.1) is 0 Å². The van der Waals surface area contributed by atoms with Gasteiger partial charge in [0.05, 0.1) is 0 Å². The van der Waals surface area contributed by atoms with Gasteiger partial charge in [0.15, 0.2) is 0 Å². The number of hydrogen-bond donors (Lipinski definition) is 1. The molecule has 1 aliphatic carbocycles. The zero-order valence-electron chi connectivity index (χ0n) is 11.6. The van der Waals surface area contributed by atoms with Gasteiger partial charge in [0.1, 0.15) is 6.54 Å². The Balaban J connectivity index is 2.62. The minimum atomic E-state index is -0.961. The van der Waals surface area contributed by atoms with E-state index < -0.39 is 5.97 Å². The highest BCUT2D eigenvalue weighted by molar-refractivity contribution is 5.80. The Hall–Kier alpha value is -1.26. The molecule has 1 aliphatic rings. The summed E-state index contributed by atoms with van der Waals surface area (Å²) in [6, 6.07) is -0.245. The van der Waals surface area contributed by atoms with Crippen LogP contribution in [0.5, 0.6) is 0 Å². The van der Waals surface area contributed by atoms with Gasteiger partial charge in [-0.2, -0.15) is 0 Å². The van der Waals surface area contributed by atoms with Gasteiger partial charge < -0.3 is 14.9 Å². The molecule has 1 saturated carbocycles. The third kappa shape index (κ3) is 3.89. The molecule has 1 fully saturated rings. The van der Waals surface area contributed by atoms with Crippen LogP contribution in [0.4, 0.5) is 4.79 Å². The second kappa shape index (κ2) is 6.61. The summed E-state index contributed by atoms with van der Waals surface area (Å²) in [5.41, 5.74) is 0. The lowest BCUT2D eigenvalue weighted by Gasteiger charge is -2.36. The number of carboxylic acid groups (broad SMARTS) is 1. The number of amides is 2. The molecule has 5 nitrogen and oxygen atoms in total. The van der Waals surface area contributed by atoms with Gasteiger partial charge in [-0.25, -0.2) is 4.79 Å². The van der Waals surface area contributed by atoms with E-state index in [-0.39, 0.29) is 18.6 Å². The normalized spacial score (nSPS) is 15.3. The monoisotopic (exact) mass is 256 g/mol. The van der Waals surface area contributed by atoms with E-state index in [1.54, 1.807) is 4.90 Å². The summed E-state index contributed by atoms with van der Waals surface area (Å²) in [5.74, 6) is -0.357. The van der Waals surface area contributed by atoms with Gasteiger partial charge >= 0.3 is 12.0 Å². The number of hydrogen-bond acceptors (Lipinski definition) is 2. The van der Waals surface area contributed by atoms with Crippen molar-refractivity contribution in [2.45, 2.75) is 46.1 Å². The second-order valence-corrected chi connectivity index (χ2v) is 5.23. The lowest BCUT2D eigenvalue weighted by molar-refractivity contribution is -0.138. The summed E-state index contributed by atoms with van der Waals surface area (Å²) in [4.78, 5) is 26.3. The number of carbonyl (C=O) groups is 2. The van der Waals surface area contributed by atoms with Gasteiger partial charge in [0, 0.05) is 19.1 Å². The van der Waals surface area contributed by atoms with Crippen LogP contribution in [-0.4, -0.2) is 52.6 Å². The number of carbonyl (C=O) groups excluding carboxylic acids is 1. The molecule has 0 aromatic carbocycles. The molecule has 2 amide bonds. The number of rotatable bonds is 6. The first-order chi connectivity index (χ1) is 8.45. The van der Waals surface area contributed by atoms with E-state index in [4.69, 9.17) is 5.11 Å². The maximum atomic E-state index is 12.3. The van der Waals surface area contributed by atoms with E-state index in [1.807, 2.05) is 20.8 Å². The van der Waals surface area contributed by atoms with Crippen LogP contribution in [0, 0.1) is 5.92 Å². The minimum Gasteiger partial charge on any atom is -0.480 e. The lowest BCUT2D eigenvalue weighted by atomic mass is 9.85. The molecule has 0 bridgehead atoms. The molecule has 0 atom stereocenters. The van der Waals surface area contributed by atoms with Crippen LogP contribution in [0.2, 0.25) is 0 Å². The fraction of sp³-hybridized carbons (Fsp3) is 0.846. The standard InChI is InChI=1S/C13H24N2O3/c1-4-14(8-11-6-5-7-11)13(18)15(10(2)3)9-12(16)17/h10-11H,4-9H2,1-3H3,(H,16,17). The summed E-state index contributed by atoms with van der Waals surface area (Å²) in [7, 11) is 0. The van der Waals surface area contributed by atoms with Crippen molar-refractivity contribution >= 4 is 12.0 Å². The molecule has 1 N–H and O–H groups in total. The van der Waals surface area contributed by atoms with Crippen molar-refractivity contribution in [3.63, 3.8) is 0 Å². The van der Waals surface area contributed by atoms with E-state index >= 15 is 0 Å². The van der Waals surface area contributed by atoms with Crippen molar-refractivity contribution < 1.29 is 14.7 Å². The Morgan fingerprint density at radius 1 is 1.33 bits per heavy atom. The highest BCUT2D eigenvalue weighted by atomic mass is 16.4. The number of aliphatic carboxylic acids is 1. The van der Waals surface area contributed by atoms with Crippen molar-refractivity contribution in [1.29, 1.82) is 0 Å². The summed E-state index contributed by atoms with van der Waals surface area (Å²) in [6.07, 6.45) is 3.62. The Morgan fingerprint density at radius 3 is 2.28 bits per heavy atom. The predicted octanol–water partition coefficient (Wildman–Crippen LogP) is 2.02. The maximum absolute atomic E-state index is 12.3. The summed E-state index contributed by atoms with van der Waals surface area (Å²) in [5, 5.41) is 8.86. The van der Waals surface area contributed by atoms with Crippen molar-refractivity contribution in [3.05, 3.63) is 0 Å². The minimum absolute atomic E-state index is 0.0935. The quantitative estimate of drug-likeness (QED) is 0.791. The van der Waals surface area contributed by atoms with Crippen LogP contribution in [0.3, 0.4) is 0 Å². The molecule has 5 heteroatoms. The third-order valence-electron chi connectivity index (χ3n) is 3.53. The molecule has 0 saturated heterocycles. The van der Waals surface area contributed by atoms with Crippen LogP contribution in [-0.2, 0) is 4.79 Å². The first-order valence-corrected chi connectivity index (χ1v) is 6.73. The number of carboxylic acids is 1. The average Bonchev–Trinajstić information content (AvgIpc) is 2.23. The Labute approximate surface area is 109 Å². The van der Waals surface area contributed by atoms with Crippen LogP contribution in [0.15, 0.2) is 0 Å². The first kappa shape index (κ1) is 14.8. The largest absolute Gasteiger partial charge is 0.480 e. The molecular formula is C13H24N2O3. The predicted molar refractivity (Wildman–Crippen MR) is 69.5 cm³/mol. The van der Waals surface area contributed by atoms with Crippen LogP contribution >= 0.6 is 0 Å². The molecule has 104 valence electrons. The Bertz CT molecular complexity index is 301. The molecule has 0 unspecified atom stereocenters. The molecule has 18 heavy (non-hydrogen) atoms. The molecule has 1 rings (SSSR count). The van der Waals surface area contributed by atoms with E-state index in [2.05, 4.69) is 0 Å². The van der Waals surface area contributed by atoms with Gasteiger partial charge in [-0.05, 0) is 39.5 Å². The lowest BCUT2D eigenvalue weighted by Crippen LogP contribution is -2.50. The van der Waals surface area contributed by atoms with E-state index in [9.17, 15) is 9.59 Å². The molecule has 0 heterocycles. The molecule has 0 aliphatic heterocycles. The molecule has 0 aromatic rings. The number of urea groups is 1. The zero-order chi connectivity index (χ0) is 13.7. The Kier molecular flexibility index (Phi) is 5.44. The van der Waals surface area contributed by atoms with Crippen LogP contribution in [0.1, 0.15) is 40.0 Å². The van der Waals surface area contributed by atoms with Crippen molar-refractivity contribution in [2.24, 2.45) is 5.92 Å². The second-order valence-electron chi connectivity index (χ2n) is 5.23. The molecule has 0 radical (unpaired) electrons. The van der Waals surface area contributed by atoms with E-state index in [0.29, 0.717) is 12.5 Å². The van der Waals surface area contributed by atoms with Crippen molar-refractivity contribution in [3.8, 4) is 0 Å². The Morgan fingerprint density at radius 2 is 1.94 bits per heavy atom. The fourth-order valence-corrected chi connectivity index (χ4v) is 2.13. The van der Waals surface area contributed by atoms with Crippen LogP contribution in [0.25, 0.3) is 0 Å². The van der Waals surface area contributed by atoms with Crippen molar-refractivity contribution in [1.82, 2.24) is 9.80 Å². The topological polar surface area (TPSA) is 60.9 Å². The van der Waals surface area contributed by atoms with Gasteiger partial charge in [0.25, 0.3) is 0 Å². The zero-order valence-corrected chi connectivity index (χ0v) is 11.6. The SMILES string of the molecule is CCN(CC1CCC1)C(=O)N(CC(=O)O)C(C)C. The van der Waals surface area contributed by atoms with E-state index in [0.717, 1.165) is 6.54 Å². The van der Waals surface area contributed by atoms with Crippen LogP contribution < -0.4 is 0 Å². The highest BCUT2D eigenvalue weighted by Gasteiger charge is 2.27. The van der Waals surface area contributed by atoms with Gasteiger partial charge in [-0.1, -0.05) is 6.42 Å². The summed E-state index contributed by atoms with van der Waals surface area (Å²) >= 11 is 0.